The quantitative estimate of drug-likeness (QED) is 0.745. The molecule has 2 unspecified atom stereocenters. The fraction of sp³-hybridized carbons (Fsp3) is 0.600. The van der Waals surface area contributed by atoms with Crippen molar-refractivity contribution in [2.75, 3.05) is 6.61 Å². The monoisotopic (exact) mass is 183 g/mol. The maximum atomic E-state index is 9.04. The number of rotatable bonds is 4. The summed E-state index contributed by atoms with van der Waals surface area (Å²) in [6, 6.07) is 3.57. The highest BCUT2D eigenvalue weighted by Crippen LogP contribution is 2.23. The van der Waals surface area contributed by atoms with Gasteiger partial charge in [0.15, 0.2) is 0 Å². The molecule has 0 amide bonds. The molecule has 0 aliphatic heterocycles. The topological polar surface area (TPSA) is 59.4 Å². The lowest BCUT2D eigenvalue weighted by Crippen LogP contribution is -2.23. The molecule has 1 aromatic heterocycles. The van der Waals surface area contributed by atoms with Gasteiger partial charge in [0.2, 0.25) is 0 Å². The third-order valence-corrected chi connectivity index (χ3v) is 2.36. The number of aryl methyl sites for hydroxylation is 1. The second-order valence-electron chi connectivity index (χ2n) is 3.33. The van der Waals surface area contributed by atoms with E-state index in [9.17, 15) is 0 Å². The first-order valence-electron chi connectivity index (χ1n) is 4.61. The van der Waals surface area contributed by atoms with Crippen LogP contribution in [0.15, 0.2) is 16.5 Å². The number of aliphatic hydroxyl groups is 1. The van der Waals surface area contributed by atoms with E-state index in [0.717, 1.165) is 17.9 Å². The maximum Gasteiger partial charge on any atom is 0.121 e. The molecular weight excluding hydrogens is 166 g/mol. The summed E-state index contributed by atoms with van der Waals surface area (Å²) in [5.74, 6) is 1.71. The number of nitrogens with two attached hydrogens (primary N) is 1. The van der Waals surface area contributed by atoms with E-state index in [1.807, 2.05) is 26.0 Å². The normalized spacial score (nSPS) is 15.7. The zero-order chi connectivity index (χ0) is 9.84. The molecule has 0 aromatic carbocycles. The summed E-state index contributed by atoms with van der Waals surface area (Å²) in [5.41, 5.74) is 5.92. The van der Waals surface area contributed by atoms with Crippen molar-refractivity contribution in [1.29, 1.82) is 0 Å². The molecule has 1 heterocycles. The van der Waals surface area contributed by atoms with Crippen molar-refractivity contribution in [2.24, 2.45) is 11.7 Å². The van der Waals surface area contributed by atoms with Gasteiger partial charge >= 0.3 is 0 Å². The minimum Gasteiger partial charge on any atom is -0.465 e. The van der Waals surface area contributed by atoms with Crippen LogP contribution < -0.4 is 5.73 Å². The van der Waals surface area contributed by atoms with Crippen molar-refractivity contribution >= 4 is 0 Å². The molecule has 74 valence electrons. The van der Waals surface area contributed by atoms with Crippen LogP contribution in [0, 0.1) is 12.8 Å². The van der Waals surface area contributed by atoms with Gasteiger partial charge in [-0.25, -0.2) is 0 Å². The number of hydrogen-bond donors (Lipinski definition) is 2. The van der Waals surface area contributed by atoms with Crippen molar-refractivity contribution in [2.45, 2.75) is 26.3 Å². The van der Waals surface area contributed by atoms with E-state index in [1.54, 1.807) is 0 Å². The highest BCUT2D eigenvalue weighted by Gasteiger charge is 2.19. The van der Waals surface area contributed by atoms with Crippen LogP contribution in [0.2, 0.25) is 0 Å². The van der Waals surface area contributed by atoms with Crippen molar-refractivity contribution < 1.29 is 9.52 Å². The zero-order valence-corrected chi connectivity index (χ0v) is 8.16. The predicted molar refractivity (Wildman–Crippen MR) is 51.2 cm³/mol. The third-order valence-electron chi connectivity index (χ3n) is 2.36. The molecule has 0 aliphatic rings. The minimum absolute atomic E-state index is 0.0885. The second-order valence-corrected chi connectivity index (χ2v) is 3.33. The van der Waals surface area contributed by atoms with E-state index in [1.165, 1.54) is 0 Å². The summed E-state index contributed by atoms with van der Waals surface area (Å²) >= 11 is 0. The standard InChI is InChI=1S/C10H17NO2/c1-3-8(6-12)10(11)9-5-4-7(2)13-9/h4-5,8,10,12H,3,6,11H2,1-2H3. The van der Waals surface area contributed by atoms with E-state index in [-0.39, 0.29) is 18.6 Å². The Hall–Kier alpha value is -0.800. The average molecular weight is 183 g/mol. The molecule has 3 nitrogen and oxygen atoms in total. The van der Waals surface area contributed by atoms with E-state index in [0.29, 0.717) is 0 Å². The molecule has 0 fully saturated rings. The fourth-order valence-electron chi connectivity index (χ4n) is 1.36. The predicted octanol–water partition coefficient (Wildman–Crippen LogP) is 1.61. The lowest BCUT2D eigenvalue weighted by Gasteiger charge is -2.17. The number of hydrogen-bond acceptors (Lipinski definition) is 3. The molecule has 0 bridgehead atoms. The summed E-state index contributed by atoms with van der Waals surface area (Å²) in [6.45, 7) is 4.00. The smallest absolute Gasteiger partial charge is 0.121 e. The summed E-state index contributed by atoms with van der Waals surface area (Å²) < 4.78 is 5.39. The van der Waals surface area contributed by atoms with Gasteiger partial charge in [0, 0.05) is 12.5 Å². The fourth-order valence-corrected chi connectivity index (χ4v) is 1.36. The number of aliphatic hydroxyl groups excluding tert-OH is 1. The summed E-state index contributed by atoms with van der Waals surface area (Å²) in [7, 11) is 0. The van der Waals surface area contributed by atoms with E-state index in [2.05, 4.69) is 0 Å². The Morgan fingerprint density at radius 2 is 2.23 bits per heavy atom. The summed E-state index contributed by atoms with van der Waals surface area (Å²) in [5, 5.41) is 9.04. The van der Waals surface area contributed by atoms with Gasteiger partial charge in [-0.1, -0.05) is 6.92 Å². The van der Waals surface area contributed by atoms with Crippen LogP contribution in [0.5, 0.6) is 0 Å². The molecule has 0 saturated carbocycles. The first-order chi connectivity index (χ1) is 6.19. The van der Waals surface area contributed by atoms with Crippen LogP contribution in [-0.2, 0) is 0 Å². The van der Waals surface area contributed by atoms with Crippen molar-refractivity contribution in [3.63, 3.8) is 0 Å². The van der Waals surface area contributed by atoms with E-state index in [4.69, 9.17) is 15.3 Å². The van der Waals surface area contributed by atoms with Gasteiger partial charge < -0.3 is 15.3 Å². The van der Waals surface area contributed by atoms with Gasteiger partial charge in [0.1, 0.15) is 11.5 Å². The molecule has 0 spiro atoms. The summed E-state index contributed by atoms with van der Waals surface area (Å²) in [6.07, 6.45) is 0.859. The minimum atomic E-state index is -0.191. The van der Waals surface area contributed by atoms with Crippen LogP contribution in [0.1, 0.15) is 30.9 Å². The molecular formula is C10H17NO2. The molecule has 1 aromatic rings. The van der Waals surface area contributed by atoms with Gasteiger partial charge in [-0.2, -0.15) is 0 Å². The molecule has 1 rings (SSSR count). The highest BCUT2D eigenvalue weighted by atomic mass is 16.3. The Morgan fingerprint density at radius 3 is 2.62 bits per heavy atom. The SMILES string of the molecule is CCC(CO)C(N)c1ccc(C)o1. The number of furan rings is 1. The summed E-state index contributed by atoms with van der Waals surface area (Å²) in [4.78, 5) is 0. The lowest BCUT2D eigenvalue weighted by atomic mass is 9.97. The Labute approximate surface area is 78.5 Å². The molecule has 13 heavy (non-hydrogen) atoms. The van der Waals surface area contributed by atoms with Crippen LogP contribution in [-0.4, -0.2) is 11.7 Å². The van der Waals surface area contributed by atoms with Gasteiger partial charge in [0.25, 0.3) is 0 Å². The van der Waals surface area contributed by atoms with Crippen LogP contribution >= 0.6 is 0 Å². The van der Waals surface area contributed by atoms with Crippen molar-refractivity contribution in [3.8, 4) is 0 Å². The highest BCUT2D eigenvalue weighted by molar-refractivity contribution is 5.10. The van der Waals surface area contributed by atoms with Crippen LogP contribution in [0.4, 0.5) is 0 Å². The van der Waals surface area contributed by atoms with Crippen molar-refractivity contribution in [3.05, 3.63) is 23.7 Å². The average Bonchev–Trinajstić information content (AvgIpc) is 2.54. The first-order valence-corrected chi connectivity index (χ1v) is 4.61. The first kappa shape index (κ1) is 10.3. The second kappa shape index (κ2) is 4.44. The van der Waals surface area contributed by atoms with E-state index < -0.39 is 0 Å². The van der Waals surface area contributed by atoms with Crippen molar-refractivity contribution in [1.82, 2.24) is 0 Å². The van der Waals surface area contributed by atoms with E-state index >= 15 is 0 Å². The molecule has 3 heteroatoms. The molecule has 0 radical (unpaired) electrons. The van der Waals surface area contributed by atoms with Gasteiger partial charge in [-0.3, -0.25) is 0 Å². The zero-order valence-electron chi connectivity index (χ0n) is 8.16. The molecule has 0 saturated heterocycles. The van der Waals surface area contributed by atoms with Gasteiger partial charge in [-0.05, 0) is 25.5 Å². The Morgan fingerprint density at radius 1 is 1.54 bits per heavy atom. The Kier molecular flexibility index (Phi) is 3.51. The Balaban J connectivity index is 2.71. The van der Waals surface area contributed by atoms with Crippen LogP contribution in [0.3, 0.4) is 0 Å². The van der Waals surface area contributed by atoms with Gasteiger partial charge in [0.05, 0.1) is 6.04 Å². The lowest BCUT2D eigenvalue weighted by molar-refractivity contribution is 0.190. The molecule has 0 aliphatic carbocycles. The van der Waals surface area contributed by atoms with Gasteiger partial charge in [-0.15, -0.1) is 0 Å². The third kappa shape index (κ3) is 2.32. The largest absolute Gasteiger partial charge is 0.465 e. The molecule has 2 atom stereocenters. The Bertz CT molecular complexity index is 253. The maximum absolute atomic E-state index is 9.04. The van der Waals surface area contributed by atoms with Crippen LogP contribution in [0.25, 0.3) is 0 Å². The molecule has 3 N–H and O–H groups in total.